The van der Waals surface area contributed by atoms with Crippen molar-refractivity contribution in [3.8, 4) is 0 Å². The standard InChI is InChI=1S/C19H19N3O/c1-12-10-16(12)17(13-6-3-2-4-7-13)21-19(23)15-9-5-8-14-11-20-22-18(14)15/h2-9,11-12,16-17H,10H2,1H3,(H,20,22)(H,21,23). The summed E-state index contributed by atoms with van der Waals surface area (Å²) in [6.07, 6.45) is 2.90. The molecule has 0 spiro atoms. The Morgan fingerprint density at radius 1 is 1.22 bits per heavy atom. The number of fused-ring (bicyclic) bond motifs is 1. The Bertz CT molecular complexity index is 840. The van der Waals surface area contributed by atoms with E-state index in [1.807, 2.05) is 36.4 Å². The van der Waals surface area contributed by atoms with Gasteiger partial charge in [-0.1, -0.05) is 49.4 Å². The molecule has 1 saturated carbocycles. The number of amides is 1. The molecule has 1 aromatic heterocycles. The third-order valence-corrected chi connectivity index (χ3v) is 4.77. The van der Waals surface area contributed by atoms with E-state index in [-0.39, 0.29) is 11.9 Å². The minimum atomic E-state index is -0.0483. The minimum absolute atomic E-state index is 0.0483. The highest BCUT2D eigenvalue weighted by Crippen LogP contribution is 2.47. The molecule has 2 aromatic carbocycles. The lowest BCUT2D eigenvalue weighted by molar-refractivity contribution is 0.0932. The molecule has 3 unspecified atom stereocenters. The summed E-state index contributed by atoms with van der Waals surface area (Å²) in [4.78, 5) is 12.8. The van der Waals surface area contributed by atoms with Crippen molar-refractivity contribution < 1.29 is 4.79 Å². The molecule has 23 heavy (non-hydrogen) atoms. The normalized spacial score (nSPS) is 21.1. The summed E-state index contributed by atoms with van der Waals surface area (Å²) in [5.41, 5.74) is 2.61. The number of para-hydroxylation sites is 1. The maximum atomic E-state index is 12.8. The quantitative estimate of drug-likeness (QED) is 0.772. The van der Waals surface area contributed by atoms with Crippen LogP contribution in [-0.4, -0.2) is 16.1 Å². The van der Waals surface area contributed by atoms with Crippen LogP contribution in [0.1, 0.15) is 35.3 Å². The summed E-state index contributed by atoms with van der Waals surface area (Å²) in [7, 11) is 0. The Hall–Kier alpha value is -2.62. The molecule has 0 aliphatic heterocycles. The van der Waals surface area contributed by atoms with Gasteiger partial charge in [-0.25, -0.2) is 0 Å². The maximum Gasteiger partial charge on any atom is 0.253 e. The van der Waals surface area contributed by atoms with Crippen LogP contribution >= 0.6 is 0 Å². The number of hydrogen-bond donors (Lipinski definition) is 2. The van der Waals surface area contributed by atoms with Gasteiger partial charge in [-0.05, 0) is 29.9 Å². The van der Waals surface area contributed by atoms with Crippen molar-refractivity contribution in [3.63, 3.8) is 0 Å². The van der Waals surface area contributed by atoms with Gasteiger partial charge in [0.1, 0.15) is 0 Å². The topological polar surface area (TPSA) is 57.8 Å². The van der Waals surface area contributed by atoms with Crippen LogP contribution in [-0.2, 0) is 0 Å². The number of nitrogens with one attached hydrogen (secondary N) is 2. The van der Waals surface area contributed by atoms with Gasteiger partial charge in [0.15, 0.2) is 0 Å². The first-order valence-corrected chi connectivity index (χ1v) is 8.02. The largest absolute Gasteiger partial charge is 0.345 e. The van der Waals surface area contributed by atoms with E-state index in [1.165, 1.54) is 5.56 Å². The third kappa shape index (κ3) is 2.61. The average molecular weight is 305 g/mol. The summed E-state index contributed by atoms with van der Waals surface area (Å²) in [5, 5.41) is 11.2. The highest BCUT2D eigenvalue weighted by Gasteiger charge is 2.41. The second-order valence-corrected chi connectivity index (χ2v) is 6.38. The number of aromatic amines is 1. The lowest BCUT2D eigenvalue weighted by atomic mass is 10.0. The van der Waals surface area contributed by atoms with E-state index in [1.54, 1.807) is 6.20 Å². The second kappa shape index (κ2) is 5.54. The van der Waals surface area contributed by atoms with Crippen molar-refractivity contribution in [3.05, 3.63) is 65.9 Å². The van der Waals surface area contributed by atoms with Crippen LogP contribution in [0, 0.1) is 11.8 Å². The molecule has 116 valence electrons. The van der Waals surface area contributed by atoms with E-state index >= 15 is 0 Å². The summed E-state index contributed by atoms with van der Waals surface area (Å²) in [6.45, 7) is 2.24. The predicted octanol–water partition coefficient (Wildman–Crippen LogP) is 3.69. The maximum absolute atomic E-state index is 12.8. The molecule has 0 bridgehead atoms. The number of benzene rings is 2. The molecule has 4 heteroatoms. The Balaban J connectivity index is 1.64. The summed E-state index contributed by atoms with van der Waals surface area (Å²) in [5.74, 6) is 1.12. The van der Waals surface area contributed by atoms with Crippen LogP contribution in [0.5, 0.6) is 0 Å². The summed E-state index contributed by atoms with van der Waals surface area (Å²) in [6, 6.07) is 16.0. The SMILES string of the molecule is CC1CC1C(NC(=O)c1cccc2cn[nH]c12)c1ccccc1. The van der Waals surface area contributed by atoms with Gasteiger partial charge in [0.2, 0.25) is 0 Å². The smallest absolute Gasteiger partial charge is 0.253 e. The van der Waals surface area contributed by atoms with Crippen molar-refractivity contribution in [2.24, 2.45) is 11.8 Å². The molecule has 1 heterocycles. The molecule has 1 aliphatic rings. The van der Waals surface area contributed by atoms with E-state index in [9.17, 15) is 4.79 Å². The predicted molar refractivity (Wildman–Crippen MR) is 90.0 cm³/mol. The van der Waals surface area contributed by atoms with E-state index in [0.717, 1.165) is 17.3 Å². The van der Waals surface area contributed by atoms with Crippen LogP contribution < -0.4 is 5.32 Å². The molecule has 0 saturated heterocycles. The van der Waals surface area contributed by atoms with E-state index in [0.29, 0.717) is 17.4 Å². The first-order valence-electron chi connectivity index (χ1n) is 8.02. The fourth-order valence-electron chi connectivity index (χ4n) is 3.29. The van der Waals surface area contributed by atoms with Gasteiger partial charge in [0.25, 0.3) is 5.91 Å². The zero-order chi connectivity index (χ0) is 15.8. The van der Waals surface area contributed by atoms with Gasteiger partial charge < -0.3 is 5.32 Å². The highest BCUT2D eigenvalue weighted by molar-refractivity contribution is 6.05. The number of hydrogen-bond acceptors (Lipinski definition) is 2. The molecular weight excluding hydrogens is 286 g/mol. The van der Waals surface area contributed by atoms with Crippen molar-refractivity contribution in [1.82, 2.24) is 15.5 Å². The van der Waals surface area contributed by atoms with Crippen molar-refractivity contribution >= 4 is 16.8 Å². The third-order valence-electron chi connectivity index (χ3n) is 4.77. The first kappa shape index (κ1) is 14.0. The zero-order valence-electron chi connectivity index (χ0n) is 13.0. The van der Waals surface area contributed by atoms with Gasteiger partial charge >= 0.3 is 0 Å². The summed E-state index contributed by atoms with van der Waals surface area (Å²) < 4.78 is 0. The Labute approximate surface area is 134 Å². The summed E-state index contributed by atoms with van der Waals surface area (Å²) >= 11 is 0. The monoisotopic (exact) mass is 305 g/mol. The lowest BCUT2D eigenvalue weighted by Gasteiger charge is -2.19. The molecule has 1 fully saturated rings. The van der Waals surface area contributed by atoms with E-state index in [2.05, 4.69) is 34.6 Å². The molecule has 4 rings (SSSR count). The van der Waals surface area contributed by atoms with Crippen LogP contribution in [0.15, 0.2) is 54.7 Å². The van der Waals surface area contributed by atoms with Gasteiger partial charge in [0.05, 0.1) is 23.3 Å². The van der Waals surface area contributed by atoms with E-state index < -0.39 is 0 Å². The first-order chi connectivity index (χ1) is 11.2. The van der Waals surface area contributed by atoms with Gasteiger partial charge in [0, 0.05) is 5.39 Å². The van der Waals surface area contributed by atoms with Crippen molar-refractivity contribution in [2.45, 2.75) is 19.4 Å². The molecular formula is C19H19N3O. The fraction of sp³-hybridized carbons (Fsp3) is 0.263. The Morgan fingerprint density at radius 3 is 2.74 bits per heavy atom. The minimum Gasteiger partial charge on any atom is -0.345 e. The molecule has 0 radical (unpaired) electrons. The van der Waals surface area contributed by atoms with Crippen LogP contribution in [0.25, 0.3) is 10.9 Å². The van der Waals surface area contributed by atoms with Crippen LogP contribution in [0.2, 0.25) is 0 Å². The van der Waals surface area contributed by atoms with Gasteiger partial charge in [-0.2, -0.15) is 5.10 Å². The molecule has 2 N–H and O–H groups in total. The van der Waals surface area contributed by atoms with Gasteiger partial charge in [-0.3, -0.25) is 9.89 Å². The number of carbonyl (C=O) groups is 1. The van der Waals surface area contributed by atoms with Gasteiger partial charge in [-0.15, -0.1) is 0 Å². The molecule has 1 aliphatic carbocycles. The molecule has 1 amide bonds. The average Bonchev–Trinajstić information content (AvgIpc) is 3.11. The molecule has 4 nitrogen and oxygen atoms in total. The number of H-pyrrole nitrogens is 1. The number of aromatic nitrogens is 2. The Morgan fingerprint density at radius 2 is 2.00 bits per heavy atom. The zero-order valence-corrected chi connectivity index (χ0v) is 13.0. The Kier molecular flexibility index (Phi) is 3.37. The van der Waals surface area contributed by atoms with Crippen LogP contribution in [0.3, 0.4) is 0 Å². The second-order valence-electron chi connectivity index (χ2n) is 6.38. The van der Waals surface area contributed by atoms with Crippen molar-refractivity contribution in [1.29, 1.82) is 0 Å². The molecule has 3 atom stereocenters. The fourth-order valence-corrected chi connectivity index (χ4v) is 3.29. The van der Waals surface area contributed by atoms with Crippen LogP contribution in [0.4, 0.5) is 0 Å². The number of rotatable bonds is 4. The number of carbonyl (C=O) groups excluding carboxylic acids is 1. The number of nitrogens with zero attached hydrogens (tertiary/aromatic N) is 1. The highest BCUT2D eigenvalue weighted by atomic mass is 16.1. The molecule has 3 aromatic rings. The van der Waals surface area contributed by atoms with E-state index in [4.69, 9.17) is 0 Å². The lowest BCUT2D eigenvalue weighted by Crippen LogP contribution is -2.30. The van der Waals surface area contributed by atoms with Crippen molar-refractivity contribution in [2.75, 3.05) is 0 Å².